The standard InChI is InChI=1S/C23H28F2N2OS/c24-20-14-19(23(28)10-8-18(26)9-11-23)21(25)13-17(20)15-27-12-4-7-22(29-27)16-5-2-1-3-6-16/h1-3,5-6,13-14,18,22,28H,4,7-12,15,26H2. The number of halogens is 2. The Labute approximate surface area is 175 Å². The summed E-state index contributed by atoms with van der Waals surface area (Å²) >= 11 is 1.71. The van der Waals surface area contributed by atoms with Gasteiger partial charge in [-0.2, -0.15) is 0 Å². The van der Waals surface area contributed by atoms with Gasteiger partial charge < -0.3 is 10.8 Å². The Morgan fingerprint density at radius 1 is 1.07 bits per heavy atom. The van der Waals surface area contributed by atoms with Crippen LogP contribution < -0.4 is 5.73 Å². The number of nitrogens with zero attached hydrogens (tertiary/aromatic N) is 1. The van der Waals surface area contributed by atoms with E-state index in [0.29, 0.717) is 43.0 Å². The minimum absolute atomic E-state index is 0.0242. The van der Waals surface area contributed by atoms with Crippen molar-refractivity contribution in [2.24, 2.45) is 5.73 Å². The van der Waals surface area contributed by atoms with Gasteiger partial charge in [0, 0.05) is 35.5 Å². The molecule has 0 spiro atoms. The zero-order valence-electron chi connectivity index (χ0n) is 16.5. The van der Waals surface area contributed by atoms with Crippen molar-refractivity contribution in [3.63, 3.8) is 0 Å². The SMILES string of the molecule is NC1CCC(O)(c2cc(F)c(CN3CCCC(c4ccccc4)S3)cc2F)CC1. The van der Waals surface area contributed by atoms with Gasteiger partial charge in [0.2, 0.25) is 0 Å². The molecule has 156 valence electrons. The topological polar surface area (TPSA) is 49.5 Å². The zero-order valence-corrected chi connectivity index (χ0v) is 17.3. The normalized spacial score (nSPS) is 28.4. The summed E-state index contributed by atoms with van der Waals surface area (Å²) in [6.07, 6.45) is 4.06. The van der Waals surface area contributed by atoms with Crippen molar-refractivity contribution < 1.29 is 13.9 Å². The molecule has 3 nitrogen and oxygen atoms in total. The van der Waals surface area contributed by atoms with E-state index in [1.807, 2.05) is 18.2 Å². The fraction of sp³-hybridized carbons (Fsp3) is 0.478. The summed E-state index contributed by atoms with van der Waals surface area (Å²) in [5.41, 5.74) is 6.25. The third kappa shape index (κ3) is 4.66. The van der Waals surface area contributed by atoms with Crippen molar-refractivity contribution in [2.75, 3.05) is 6.54 Å². The van der Waals surface area contributed by atoms with E-state index >= 15 is 0 Å². The van der Waals surface area contributed by atoms with E-state index in [1.165, 1.54) is 17.7 Å². The largest absolute Gasteiger partial charge is 0.385 e. The fourth-order valence-corrected chi connectivity index (χ4v) is 5.75. The van der Waals surface area contributed by atoms with Crippen LogP contribution in [-0.4, -0.2) is 22.0 Å². The third-order valence-electron chi connectivity index (χ3n) is 6.16. The van der Waals surface area contributed by atoms with E-state index in [2.05, 4.69) is 16.4 Å². The Kier molecular flexibility index (Phi) is 6.25. The molecule has 4 rings (SSSR count). The van der Waals surface area contributed by atoms with E-state index in [4.69, 9.17) is 5.73 Å². The van der Waals surface area contributed by atoms with Crippen LogP contribution in [0.4, 0.5) is 8.78 Å². The van der Waals surface area contributed by atoms with E-state index < -0.39 is 17.2 Å². The van der Waals surface area contributed by atoms with Gasteiger partial charge in [0.15, 0.2) is 0 Å². The second-order valence-corrected chi connectivity index (χ2v) is 9.60. The van der Waals surface area contributed by atoms with Crippen LogP contribution in [-0.2, 0) is 12.1 Å². The molecule has 0 aromatic heterocycles. The lowest BCUT2D eigenvalue weighted by Crippen LogP contribution is -2.37. The minimum atomic E-state index is -1.32. The molecule has 6 heteroatoms. The van der Waals surface area contributed by atoms with Crippen LogP contribution >= 0.6 is 11.9 Å². The molecule has 2 fully saturated rings. The summed E-state index contributed by atoms with van der Waals surface area (Å²) in [7, 11) is 0. The molecule has 2 aliphatic rings. The first-order valence-corrected chi connectivity index (χ1v) is 11.2. The smallest absolute Gasteiger partial charge is 0.129 e. The van der Waals surface area contributed by atoms with Gasteiger partial charge in [0.25, 0.3) is 0 Å². The fourth-order valence-electron chi connectivity index (χ4n) is 4.39. The summed E-state index contributed by atoms with van der Waals surface area (Å²) < 4.78 is 31.9. The van der Waals surface area contributed by atoms with Crippen molar-refractivity contribution in [1.29, 1.82) is 0 Å². The maximum atomic E-state index is 14.9. The molecule has 2 aromatic rings. The molecular formula is C23H28F2N2OS. The second-order valence-electron chi connectivity index (χ2n) is 8.30. The lowest BCUT2D eigenvalue weighted by atomic mass is 9.77. The predicted molar refractivity (Wildman–Crippen MR) is 113 cm³/mol. The lowest BCUT2D eigenvalue weighted by molar-refractivity contribution is -0.00830. The van der Waals surface area contributed by atoms with Crippen LogP contribution in [0.15, 0.2) is 42.5 Å². The molecule has 1 saturated heterocycles. The highest BCUT2D eigenvalue weighted by atomic mass is 32.2. The zero-order chi connectivity index (χ0) is 20.4. The number of rotatable bonds is 4. The Morgan fingerprint density at radius 2 is 1.79 bits per heavy atom. The average molecular weight is 419 g/mol. The van der Waals surface area contributed by atoms with Crippen LogP contribution in [0.5, 0.6) is 0 Å². The van der Waals surface area contributed by atoms with Gasteiger partial charge in [-0.05, 0) is 56.2 Å². The molecule has 2 aromatic carbocycles. The molecule has 3 N–H and O–H groups in total. The van der Waals surface area contributed by atoms with Crippen LogP contribution in [0.3, 0.4) is 0 Å². The highest BCUT2D eigenvalue weighted by Crippen LogP contribution is 2.42. The lowest BCUT2D eigenvalue weighted by Gasteiger charge is -2.36. The molecule has 0 amide bonds. The molecule has 29 heavy (non-hydrogen) atoms. The van der Waals surface area contributed by atoms with Crippen molar-refractivity contribution in [1.82, 2.24) is 4.31 Å². The van der Waals surface area contributed by atoms with Gasteiger partial charge >= 0.3 is 0 Å². The number of aliphatic hydroxyl groups is 1. The number of hydrogen-bond donors (Lipinski definition) is 2. The van der Waals surface area contributed by atoms with Crippen molar-refractivity contribution in [3.8, 4) is 0 Å². The Morgan fingerprint density at radius 3 is 2.52 bits per heavy atom. The second kappa shape index (κ2) is 8.72. The Bertz CT molecular complexity index is 840. The van der Waals surface area contributed by atoms with E-state index in [1.54, 1.807) is 11.9 Å². The van der Waals surface area contributed by atoms with Gasteiger partial charge in [0.1, 0.15) is 11.6 Å². The van der Waals surface area contributed by atoms with E-state index in [0.717, 1.165) is 19.4 Å². The van der Waals surface area contributed by atoms with Gasteiger partial charge in [-0.3, -0.25) is 0 Å². The highest BCUT2D eigenvalue weighted by Gasteiger charge is 2.36. The molecule has 1 aliphatic heterocycles. The van der Waals surface area contributed by atoms with Crippen LogP contribution in [0.2, 0.25) is 0 Å². The Hall–Kier alpha value is -1.47. The van der Waals surface area contributed by atoms with Crippen molar-refractivity contribution >= 4 is 11.9 Å². The molecule has 1 heterocycles. The van der Waals surface area contributed by atoms with E-state index in [-0.39, 0.29) is 11.6 Å². The van der Waals surface area contributed by atoms with Gasteiger partial charge in [-0.25, -0.2) is 13.1 Å². The summed E-state index contributed by atoms with van der Waals surface area (Å²) in [6, 6.07) is 12.8. The average Bonchev–Trinajstić information content (AvgIpc) is 2.73. The number of benzene rings is 2. The summed E-state index contributed by atoms with van der Waals surface area (Å²) in [5.74, 6) is -0.979. The maximum absolute atomic E-state index is 14.9. The van der Waals surface area contributed by atoms with Crippen molar-refractivity contribution in [3.05, 3.63) is 70.8 Å². The first kappa shape index (κ1) is 20.8. The predicted octanol–water partition coefficient (Wildman–Crippen LogP) is 5.04. The maximum Gasteiger partial charge on any atom is 0.129 e. The summed E-state index contributed by atoms with van der Waals surface area (Å²) in [6.45, 7) is 1.19. The third-order valence-corrected chi connectivity index (χ3v) is 7.54. The van der Waals surface area contributed by atoms with Crippen LogP contribution in [0.25, 0.3) is 0 Å². The molecule has 1 atom stereocenters. The van der Waals surface area contributed by atoms with Crippen LogP contribution in [0, 0.1) is 11.6 Å². The van der Waals surface area contributed by atoms with Crippen LogP contribution in [0.1, 0.15) is 60.5 Å². The minimum Gasteiger partial charge on any atom is -0.385 e. The Balaban J connectivity index is 1.49. The van der Waals surface area contributed by atoms with Gasteiger partial charge in [-0.1, -0.05) is 42.3 Å². The number of nitrogens with two attached hydrogens (primary N) is 1. The first-order chi connectivity index (χ1) is 13.9. The molecule has 1 unspecified atom stereocenters. The van der Waals surface area contributed by atoms with Gasteiger partial charge in [0.05, 0.1) is 5.60 Å². The van der Waals surface area contributed by atoms with Crippen molar-refractivity contribution in [2.45, 2.75) is 62.0 Å². The molecular weight excluding hydrogens is 390 g/mol. The summed E-state index contributed by atoms with van der Waals surface area (Å²) in [4.78, 5) is 0. The summed E-state index contributed by atoms with van der Waals surface area (Å²) in [5, 5.41) is 11.2. The molecule has 0 bridgehead atoms. The highest BCUT2D eigenvalue weighted by molar-refractivity contribution is 7.97. The van der Waals surface area contributed by atoms with Gasteiger partial charge in [-0.15, -0.1) is 0 Å². The quantitative estimate of drug-likeness (QED) is 0.683. The molecule has 1 aliphatic carbocycles. The number of hydrogen-bond acceptors (Lipinski definition) is 4. The monoisotopic (exact) mass is 418 g/mol. The molecule has 0 radical (unpaired) electrons. The molecule has 1 saturated carbocycles. The first-order valence-electron chi connectivity index (χ1n) is 10.4. The van der Waals surface area contributed by atoms with E-state index in [9.17, 15) is 13.9 Å².